The van der Waals surface area contributed by atoms with Crippen LogP contribution >= 0.6 is 15.9 Å². The molecule has 0 aliphatic carbocycles. The molecule has 92 valence electrons. The van der Waals surface area contributed by atoms with Gasteiger partial charge in [0.05, 0.1) is 0 Å². The number of hydrogen-bond donors (Lipinski definition) is 3. The molecular weight excluding hydrogens is 292 g/mol. The molecule has 1 rings (SSSR count). The molecule has 0 spiro atoms. The number of rotatable bonds is 5. The summed E-state index contributed by atoms with van der Waals surface area (Å²) in [6.45, 7) is 0.0895. The van der Waals surface area contributed by atoms with Crippen molar-refractivity contribution in [1.29, 1.82) is 0 Å². The highest BCUT2D eigenvalue weighted by Gasteiger charge is 2.13. The van der Waals surface area contributed by atoms with Crippen molar-refractivity contribution >= 4 is 27.8 Å². The van der Waals surface area contributed by atoms with Gasteiger partial charge in [-0.05, 0) is 28.1 Å². The topological polar surface area (TPSA) is 99.5 Å². The summed E-state index contributed by atoms with van der Waals surface area (Å²) in [5.41, 5.74) is 0.414. The molecule has 1 aromatic heterocycles. The number of pyridine rings is 1. The van der Waals surface area contributed by atoms with Crippen LogP contribution in [0.2, 0.25) is 0 Å². The monoisotopic (exact) mass is 302 g/mol. The Morgan fingerprint density at radius 1 is 1.53 bits per heavy atom. The Labute approximate surface area is 106 Å². The zero-order valence-corrected chi connectivity index (χ0v) is 10.3. The summed E-state index contributed by atoms with van der Waals surface area (Å²) < 4.78 is 0.538. The number of carbonyl (C=O) groups excluding carboxylic acids is 1. The molecule has 1 atom stereocenters. The SMILES string of the molecule is O=C(NCC[C@H](O)C(=O)O)c1ccnc(Br)c1. The first kappa shape index (κ1) is 13.6. The number of carbonyl (C=O) groups is 2. The minimum Gasteiger partial charge on any atom is -0.479 e. The predicted octanol–water partition coefficient (Wildman–Crippen LogP) is 0.409. The molecule has 3 N–H and O–H groups in total. The Kier molecular flexibility index (Phi) is 5.05. The van der Waals surface area contributed by atoms with Crippen molar-refractivity contribution in [2.24, 2.45) is 0 Å². The summed E-state index contributed by atoms with van der Waals surface area (Å²) in [6, 6.07) is 3.08. The molecule has 0 bridgehead atoms. The van der Waals surface area contributed by atoms with Crippen LogP contribution in [0.4, 0.5) is 0 Å². The van der Waals surface area contributed by atoms with Gasteiger partial charge in [0, 0.05) is 24.7 Å². The molecule has 0 aliphatic rings. The Morgan fingerprint density at radius 3 is 2.82 bits per heavy atom. The number of aliphatic hydroxyl groups is 1. The van der Waals surface area contributed by atoms with Crippen molar-refractivity contribution in [1.82, 2.24) is 10.3 Å². The van der Waals surface area contributed by atoms with Gasteiger partial charge in [-0.25, -0.2) is 9.78 Å². The maximum absolute atomic E-state index is 11.6. The third-order valence-electron chi connectivity index (χ3n) is 1.98. The highest BCUT2D eigenvalue weighted by Crippen LogP contribution is 2.07. The Balaban J connectivity index is 2.43. The van der Waals surface area contributed by atoms with E-state index in [1.165, 1.54) is 12.3 Å². The molecule has 17 heavy (non-hydrogen) atoms. The first-order valence-corrected chi connectivity index (χ1v) is 5.60. The van der Waals surface area contributed by atoms with Crippen molar-refractivity contribution in [2.75, 3.05) is 6.54 Å². The average Bonchev–Trinajstić information content (AvgIpc) is 2.28. The third kappa shape index (κ3) is 4.49. The summed E-state index contributed by atoms with van der Waals surface area (Å²) in [7, 11) is 0. The Bertz CT molecular complexity index is 425. The molecule has 6 nitrogen and oxygen atoms in total. The fourth-order valence-corrected chi connectivity index (χ4v) is 1.46. The number of halogens is 1. The lowest BCUT2D eigenvalue weighted by molar-refractivity contribution is -0.146. The van der Waals surface area contributed by atoms with Crippen molar-refractivity contribution in [3.8, 4) is 0 Å². The highest BCUT2D eigenvalue weighted by atomic mass is 79.9. The zero-order chi connectivity index (χ0) is 12.8. The van der Waals surface area contributed by atoms with E-state index in [0.29, 0.717) is 10.2 Å². The van der Waals surface area contributed by atoms with Crippen LogP contribution in [0.15, 0.2) is 22.9 Å². The smallest absolute Gasteiger partial charge is 0.332 e. The number of aromatic nitrogens is 1. The standard InChI is InChI=1S/C10H11BrN2O4/c11-8-5-6(1-3-12-8)9(15)13-4-2-7(14)10(16)17/h1,3,5,7,14H,2,4H2,(H,13,15)(H,16,17)/t7-/m0/s1. The van der Waals surface area contributed by atoms with Crippen LogP contribution in [0, 0.1) is 0 Å². The van der Waals surface area contributed by atoms with Gasteiger partial charge >= 0.3 is 5.97 Å². The van der Waals surface area contributed by atoms with E-state index in [2.05, 4.69) is 26.2 Å². The number of carboxylic acid groups (broad SMARTS) is 1. The van der Waals surface area contributed by atoms with Gasteiger partial charge in [0.2, 0.25) is 0 Å². The number of nitrogens with one attached hydrogen (secondary N) is 1. The molecule has 0 saturated carbocycles. The molecule has 0 radical (unpaired) electrons. The van der Waals surface area contributed by atoms with Gasteiger partial charge in [-0.1, -0.05) is 0 Å². The van der Waals surface area contributed by atoms with Crippen LogP contribution in [0.5, 0.6) is 0 Å². The molecule has 0 saturated heterocycles. The quantitative estimate of drug-likeness (QED) is 0.684. The van der Waals surface area contributed by atoms with E-state index >= 15 is 0 Å². The maximum Gasteiger partial charge on any atom is 0.332 e. The van der Waals surface area contributed by atoms with Crippen molar-refractivity contribution in [2.45, 2.75) is 12.5 Å². The number of carboxylic acids is 1. The maximum atomic E-state index is 11.6. The minimum atomic E-state index is -1.46. The van der Waals surface area contributed by atoms with Crippen molar-refractivity contribution in [3.05, 3.63) is 28.5 Å². The Hall–Kier alpha value is -1.47. The van der Waals surface area contributed by atoms with Gasteiger partial charge < -0.3 is 15.5 Å². The van der Waals surface area contributed by atoms with E-state index in [1.54, 1.807) is 6.07 Å². The number of hydrogen-bond acceptors (Lipinski definition) is 4. The van der Waals surface area contributed by atoms with E-state index in [0.717, 1.165) is 0 Å². The molecule has 0 unspecified atom stereocenters. The normalized spacial score (nSPS) is 11.9. The van der Waals surface area contributed by atoms with Crippen LogP contribution in [0.1, 0.15) is 16.8 Å². The van der Waals surface area contributed by atoms with Gasteiger partial charge in [-0.3, -0.25) is 4.79 Å². The van der Waals surface area contributed by atoms with Crippen LogP contribution in [-0.4, -0.2) is 39.7 Å². The minimum absolute atomic E-state index is 0.0344. The molecule has 0 aromatic carbocycles. The number of aliphatic hydroxyl groups excluding tert-OH is 1. The summed E-state index contributed by atoms with van der Waals surface area (Å²) in [6.07, 6.45) is -0.0159. The summed E-state index contributed by atoms with van der Waals surface area (Å²) in [5.74, 6) is -1.64. The fourth-order valence-electron chi connectivity index (χ4n) is 1.09. The second-order valence-corrected chi connectivity index (χ2v) is 4.08. The van der Waals surface area contributed by atoms with Gasteiger partial charge in [-0.2, -0.15) is 0 Å². The van der Waals surface area contributed by atoms with Gasteiger partial charge in [0.1, 0.15) is 4.60 Å². The molecule has 0 aliphatic heterocycles. The fraction of sp³-hybridized carbons (Fsp3) is 0.300. The van der Waals surface area contributed by atoms with Gasteiger partial charge in [0.15, 0.2) is 6.10 Å². The second kappa shape index (κ2) is 6.31. The highest BCUT2D eigenvalue weighted by molar-refractivity contribution is 9.10. The molecular formula is C10H11BrN2O4. The lowest BCUT2D eigenvalue weighted by Gasteiger charge is -2.07. The second-order valence-electron chi connectivity index (χ2n) is 3.27. The van der Waals surface area contributed by atoms with Gasteiger partial charge in [0.25, 0.3) is 5.91 Å². The van der Waals surface area contributed by atoms with Crippen LogP contribution in [0.3, 0.4) is 0 Å². The zero-order valence-electron chi connectivity index (χ0n) is 8.76. The summed E-state index contributed by atoms with van der Waals surface area (Å²) >= 11 is 3.13. The molecule has 7 heteroatoms. The van der Waals surface area contributed by atoms with E-state index in [1.807, 2.05) is 0 Å². The lowest BCUT2D eigenvalue weighted by atomic mass is 10.2. The van der Waals surface area contributed by atoms with Crippen LogP contribution < -0.4 is 5.32 Å². The van der Waals surface area contributed by atoms with Crippen molar-refractivity contribution < 1.29 is 19.8 Å². The number of aliphatic carboxylic acids is 1. The average molecular weight is 303 g/mol. The predicted molar refractivity (Wildman–Crippen MR) is 62.5 cm³/mol. The molecule has 1 aromatic rings. The summed E-state index contributed by atoms with van der Waals surface area (Å²) in [4.78, 5) is 25.7. The number of nitrogens with zero attached hydrogens (tertiary/aromatic N) is 1. The lowest BCUT2D eigenvalue weighted by Crippen LogP contribution is -2.30. The van der Waals surface area contributed by atoms with Gasteiger partial charge in [-0.15, -0.1) is 0 Å². The molecule has 1 amide bonds. The van der Waals surface area contributed by atoms with Crippen LogP contribution in [0.25, 0.3) is 0 Å². The Morgan fingerprint density at radius 2 is 2.24 bits per heavy atom. The first-order valence-electron chi connectivity index (χ1n) is 4.81. The molecule has 1 heterocycles. The van der Waals surface area contributed by atoms with E-state index < -0.39 is 12.1 Å². The summed E-state index contributed by atoms with van der Waals surface area (Å²) in [5, 5.41) is 19.9. The van der Waals surface area contributed by atoms with Crippen LogP contribution in [-0.2, 0) is 4.79 Å². The molecule has 0 fully saturated rings. The largest absolute Gasteiger partial charge is 0.479 e. The third-order valence-corrected chi connectivity index (χ3v) is 2.41. The first-order chi connectivity index (χ1) is 8.00. The number of amides is 1. The van der Waals surface area contributed by atoms with E-state index in [-0.39, 0.29) is 18.9 Å². The van der Waals surface area contributed by atoms with E-state index in [4.69, 9.17) is 10.2 Å². The van der Waals surface area contributed by atoms with E-state index in [9.17, 15) is 9.59 Å². The van der Waals surface area contributed by atoms with Crippen molar-refractivity contribution in [3.63, 3.8) is 0 Å².